The summed E-state index contributed by atoms with van der Waals surface area (Å²) < 4.78 is 4.83. The molecule has 0 bridgehead atoms. The number of hydrogen-bond acceptors (Lipinski definition) is 2. The van der Waals surface area contributed by atoms with E-state index >= 15 is 0 Å². The molecule has 5 heteroatoms. The first kappa shape index (κ1) is 11.4. The zero-order chi connectivity index (χ0) is 11.9. The molecular formula is C11H18N4S. The van der Waals surface area contributed by atoms with Crippen LogP contribution < -0.4 is 0 Å². The molecule has 0 atom stereocenters. The fourth-order valence-corrected chi connectivity index (χ4v) is 2.53. The minimum atomic E-state index is 0.353. The van der Waals surface area contributed by atoms with Crippen LogP contribution in [-0.2, 0) is 13.5 Å². The SMILES string of the molecule is CCCc1nn(C)c2c1[nH]c(=S)n2C(C)C. The topological polar surface area (TPSA) is 38.5 Å². The molecule has 2 aromatic heterocycles. The maximum absolute atomic E-state index is 5.35. The molecule has 0 aliphatic rings. The minimum Gasteiger partial charge on any atom is -0.328 e. The predicted octanol–water partition coefficient (Wildman–Crippen LogP) is 2.97. The Kier molecular flexibility index (Phi) is 2.88. The van der Waals surface area contributed by atoms with E-state index in [2.05, 4.69) is 35.4 Å². The van der Waals surface area contributed by atoms with Crippen LogP contribution in [0.3, 0.4) is 0 Å². The van der Waals surface area contributed by atoms with Gasteiger partial charge in [0.05, 0.1) is 5.69 Å². The van der Waals surface area contributed by atoms with Gasteiger partial charge < -0.3 is 4.98 Å². The molecule has 0 amide bonds. The molecule has 0 aromatic carbocycles. The molecule has 0 saturated carbocycles. The van der Waals surface area contributed by atoms with Crippen LogP contribution in [0.2, 0.25) is 0 Å². The lowest BCUT2D eigenvalue weighted by molar-refractivity contribution is 0.587. The van der Waals surface area contributed by atoms with Gasteiger partial charge in [-0.25, -0.2) is 0 Å². The summed E-state index contributed by atoms with van der Waals surface area (Å²) in [5.41, 5.74) is 3.32. The molecule has 1 N–H and O–H groups in total. The molecule has 0 fully saturated rings. The lowest BCUT2D eigenvalue weighted by atomic mass is 10.2. The molecule has 16 heavy (non-hydrogen) atoms. The lowest BCUT2D eigenvalue weighted by Crippen LogP contribution is -2.05. The summed E-state index contributed by atoms with van der Waals surface area (Å²) in [6.45, 7) is 6.43. The van der Waals surface area contributed by atoms with Crippen molar-refractivity contribution < 1.29 is 0 Å². The van der Waals surface area contributed by atoms with E-state index in [0.29, 0.717) is 6.04 Å². The molecule has 88 valence electrons. The first-order valence-corrected chi connectivity index (χ1v) is 6.13. The number of fused-ring (bicyclic) bond motifs is 1. The average Bonchev–Trinajstić information content (AvgIpc) is 2.66. The van der Waals surface area contributed by atoms with Crippen LogP contribution in [0.5, 0.6) is 0 Å². The van der Waals surface area contributed by atoms with Gasteiger partial charge in [0.2, 0.25) is 0 Å². The molecule has 0 spiro atoms. The van der Waals surface area contributed by atoms with E-state index in [4.69, 9.17) is 12.2 Å². The van der Waals surface area contributed by atoms with Crippen molar-refractivity contribution in [2.75, 3.05) is 0 Å². The smallest absolute Gasteiger partial charge is 0.179 e. The van der Waals surface area contributed by atoms with Crippen LogP contribution in [0.4, 0.5) is 0 Å². The molecule has 0 unspecified atom stereocenters. The Hall–Kier alpha value is -1.10. The van der Waals surface area contributed by atoms with Gasteiger partial charge in [0.1, 0.15) is 5.52 Å². The van der Waals surface area contributed by atoms with Gasteiger partial charge in [-0.05, 0) is 32.5 Å². The van der Waals surface area contributed by atoms with Crippen LogP contribution in [0.15, 0.2) is 0 Å². The number of aromatic nitrogens is 4. The molecule has 0 saturated heterocycles. The van der Waals surface area contributed by atoms with Gasteiger partial charge in [0.25, 0.3) is 0 Å². The fourth-order valence-electron chi connectivity index (χ4n) is 2.13. The van der Waals surface area contributed by atoms with Crippen molar-refractivity contribution >= 4 is 23.4 Å². The number of nitrogens with zero attached hydrogens (tertiary/aromatic N) is 3. The number of nitrogens with one attached hydrogen (secondary N) is 1. The Bertz CT molecular complexity index is 558. The Morgan fingerprint density at radius 2 is 2.12 bits per heavy atom. The van der Waals surface area contributed by atoms with E-state index in [1.54, 1.807) is 0 Å². The quantitative estimate of drug-likeness (QED) is 0.835. The Balaban J connectivity index is 2.75. The number of hydrogen-bond donors (Lipinski definition) is 1. The number of imidazole rings is 1. The van der Waals surface area contributed by atoms with Crippen molar-refractivity contribution in [3.05, 3.63) is 10.5 Å². The van der Waals surface area contributed by atoms with E-state index in [1.165, 1.54) is 0 Å². The zero-order valence-corrected chi connectivity index (χ0v) is 11.1. The monoisotopic (exact) mass is 238 g/mol. The van der Waals surface area contributed by atoms with Crippen LogP contribution in [0.25, 0.3) is 11.2 Å². The molecule has 0 aliphatic heterocycles. The summed E-state index contributed by atoms with van der Waals surface area (Å²) in [4.78, 5) is 3.28. The Morgan fingerprint density at radius 3 is 2.69 bits per heavy atom. The summed E-state index contributed by atoms with van der Waals surface area (Å²) in [5, 5.41) is 4.54. The summed E-state index contributed by atoms with van der Waals surface area (Å²) >= 11 is 5.35. The summed E-state index contributed by atoms with van der Waals surface area (Å²) in [7, 11) is 1.98. The predicted molar refractivity (Wildman–Crippen MR) is 68.3 cm³/mol. The number of aromatic amines is 1. The third kappa shape index (κ3) is 1.59. The Labute approximate surface area is 100 Å². The first-order chi connectivity index (χ1) is 7.56. The third-order valence-electron chi connectivity index (χ3n) is 2.77. The number of aryl methyl sites for hydroxylation is 2. The fraction of sp³-hybridized carbons (Fsp3) is 0.636. The second kappa shape index (κ2) is 4.05. The molecule has 2 rings (SSSR count). The average molecular weight is 238 g/mol. The Morgan fingerprint density at radius 1 is 1.44 bits per heavy atom. The van der Waals surface area contributed by atoms with Gasteiger partial charge in [0, 0.05) is 13.1 Å². The molecule has 0 radical (unpaired) electrons. The highest BCUT2D eigenvalue weighted by Crippen LogP contribution is 2.22. The third-order valence-corrected chi connectivity index (χ3v) is 3.07. The highest BCUT2D eigenvalue weighted by Gasteiger charge is 2.15. The standard InChI is InChI=1S/C11H18N4S/c1-5-6-8-9-10(14(4)13-8)15(7(2)3)11(16)12-9/h7H,5-6H2,1-4H3,(H,12,16). The van der Waals surface area contributed by atoms with Crippen LogP contribution in [-0.4, -0.2) is 19.3 Å². The zero-order valence-electron chi connectivity index (χ0n) is 10.2. The second-order valence-corrected chi connectivity index (χ2v) is 4.80. The number of H-pyrrole nitrogens is 1. The molecule has 2 aromatic rings. The maximum Gasteiger partial charge on any atom is 0.179 e. The van der Waals surface area contributed by atoms with Gasteiger partial charge in [-0.1, -0.05) is 13.3 Å². The van der Waals surface area contributed by atoms with E-state index < -0.39 is 0 Å². The van der Waals surface area contributed by atoms with Crippen molar-refractivity contribution in [3.63, 3.8) is 0 Å². The normalized spacial score (nSPS) is 11.8. The maximum atomic E-state index is 5.35. The summed E-state index contributed by atoms with van der Waals surface area (Å²) in [6, 6.07) is 0.353. The molecule has 0 aliphatic carbocycles. The second-order valence-electron chi connectivity index (χ2n) is 4.41. The van der Waals surface area contributed by atoms with Crippen LogP contribution in [0, 0.1) is 4.77 Å². The van der Waals surface area contributed by atoms with E-state index in [9.17, 15) is 0 Å². The largest absolute Gasteiger partial charge is 0.328 e. The van der Waals surface area contributed by atoms with Crippen LogP contribution >= 0.6 is 12.2 Å². The summed E-state index contributed by atoms with van der Waals surface area (Å²) in [5.74, 6) is 0. The number of rotatable bonds is 3. The van der Waals surface area contributed by atoms with Crippen LogP contribution in [0.1, 0.15) is 38.9 Å². The van der Waals surface area contributed by atoms with E-state index in [0.717, 1.165) is 34.5 Å². The first-order valence-electron chi connectivity index (χ1n) is 5.72. The van der Waals surface area contributed by atoms with Gasteiger partial charge >= 0.3 is 0 Å². The van der Waals surface area contributed by atoms with Gasteiger partial charge in [-0.15, -0.1) is 0 Å². The molecule has 4 nitrogen and oxygen atoms in total. The minimum absolute atomic E-state index is 0.353. The van der Waals surface area contributed by atoms with E-state index in [1.807, 2.05) is 11.7 Å². The van der Waals surface area contributed by atoms with E-state index in [-0.39, 0.29) is 0 Å². The van der Waals surface area contributed by atoms with Gasteiger partial charge in [0.15, 0.2) is 10.4 Å². The van der Waals surface area contributed by atoms with Crippen molar-refractivity contribution in [2.45, 2.75) is 39.7 Å². The highest BCUT2D eigenvalue weighted by molar-refractivity contribution is 7.71. The van der Waals surface area contributed by atoms with Crippen molar-refractivity contribution in [3.8, 4) is 0 Å². The van der Waals surface area contributed by atoms with Gasteiger partial charge in [-0.2, -0.15) is 5.10 Å². The van der Waals surface area contributed by atoms with Crippen molar-refractivity contribution in [2.24, 2.45) is 7.05 Å². The molecule has 2 heterocycles. The highest BCUT2D eigenvalue weighted by atomic mass is 32.1. The molecular weight excluding hydrogens is 220 g/mol. The summed E-state index contributed by atoms with van der Waals surface area (Å²) in [6.07, 6.45) is 2.09. The van der Waals surface area contributed by atoms with Crippen molar-refractivity contribution in [1.82, 2.24) is 19.3 Å². The lowest BCUT2D eigenvalue weighted by Gasteiger charge is -2.07. The van der Waals surface area contributed by atoms with Crippen molar-refractivity contribution in [1.29, 1.82) is 0 Å². The van der Waals surface area contributed by atoms with Gasteiger partial charge in [-0.3, -0.25) is 9.25 Å².